The van der Waals surface area contributed by atoms with Crippen LogP contribution in [0.15, 0.2) is 41.9 Å². The number of allylic oxidation sites excluding steroid dienone is 1. The van der Waals surface area contributed by atoms with Gasteiger partial charge in [-0.25, -0.2) is 9.48 Å². The fourth-order valence-electron chi connectivity index (χ4n) is 4.79. The van der Waals surface area contributed by atoms with Gasteiger partial charge in [-0.05, 0) is 55.2 Å². The van der Waals surface area contributed by atoms with Gasteiger partial charge in [0.05, 0.1) is 5.57 Å². The summed E-state index contributed by atoms with van der Waals surface area (Å²) in [6.07, 6.45) is 4.61. The molecule has 1 N–H and O–H groups in total. The van der Waals surface area contributed by atoms with Crippen LogP contribution in [0.4, 0.5) is 5.95 Å². The van der Waals surface area contributed by atoms with E-state index in [-0.39, 0.29) is 12.1 Å². The zero-order chi connectivity index (χ0) is 21.4. The summed E-state index contributed by atoms with van der Waals surface area (Å²) in [6, 6.07) is 7.08. The van der Waals surface area contributed by atoms with E-state index in [1.807, 2.05) is 31.2 Å². The molecule has 2 heterocycles. The molecule has 7 heteroatoms. The Labute approximate surface area is 182 Å². The smallest absolute Gasteiger partial charge is 0.338 e. The molecule has 1 aliphatic heterocycles. The summed E-state index contributed by atoms with van der Waals surface area (Å²) in [5.41, 5.74) is 2.16. The van der Waals surface area contributed by atoms with Crippen LogP contribution in [0.5, 0.6) is 0 Å². The molecular formula is C23H29ClN4O2. The van der Waals surface area contributed by atoms with Crippen molar-refractivity contribution in [1.29, 1.82) is 0 Å². The van der Waals surface area contributed by atoms with Crippen LogP contribution in [-0.4, -0.2) is 26.8 Å². The lowest BCUT2D eigenvalue weighted by molar-refractivity contribution is -0.151. The summed E-state index contributed by atoms with van der Waals surface area (Å²) in [5, 5.41) is 8.18. The van der Waals surface area contributed by atoms with Gasteiger partial charge in [-0.1, -0.05) is 50.9 Å². The van der Waals surface area contributed by atoms with Crippen LogP contribution >= 0.6 is 11.6 Å². The summed E-state index contributed by atoms with van der Waals surface area (Å²) >= 11 is 6.26. The van der Waals surface area contributed by atoms with Crippen LogP contribution < -0.4 is 5.32 Å². The number of benzene rings is 1. The second kappa shape index (κ2) is 8.42. The van der Waals surface area contributed by atoms with E-state index < -0.39 is 6.04 Å². The number of ether oxygens (including phenoxy) is 1. The number of carbonyl (C=O) groups is 1. The van der Waals surface area contributed by atoms with Crippen LogP contribution in [0.1, 0.15) is 58.6 Å². The molecule has 1 saturated carbocycles. The molecule has 4 rings (SSSR count). The number of anilines is 1. The third kappa shape index (κ3) is 3.97. The number of fused-ring (bicyclic) bond motifs is 1. The molecule has 2 aromatic rings. The molecule has 4 atom stereocenters. The predicted octanol–water partition coefficient (Wildman–Crippen LogP) is 5.22. The molecule has 1 aromatic carbocycles. The van der Waals surface area contributed by atoms with Crippen molar-refractivity contribution in [2.24, 2.45) is 17.8 Å². The highest BCUT2D eigenvalue weighted by Gasteiger charge is 2.38. The highest BCUT2D eigenvalue weighted by atomic mass is 35.5. The summed E-state index contributed by atoms with van der Waals surface area (Å²) in [6.45, 7) is 8.55. The maximum atomic E-state index is 13.5. The Morgan fingerprint density at radius 3 is 2.87 bits per heavy atom. The molecule has 1 aromatic heterocycles. The molecular weight excluding hydrogens is 400 g/mol. The topological polar surface area (TPSA) is 69.0 Å². The van der Waals surface area contributed by atoms with E-state index in [0.717, 1.165) is 24.1 Å². The van der Waals surface area contributed by atoms with Gasteiger partial charge >= 0.3 is 5.97 Å². The molecule has 6 nitrogen and oxygen atoms in total. The van der Waals surface area contributed by atoms with Gasteiger partial charge in [0.15, 0.2) is 0 Å². The van der Waals surface area contributed by atoms with Crippen LogP contribution in [0.3, 0.4) is 0 Å². The largest absolute Gasteiger partial charge is 0.459 e. The lowest BCUT2D eigenvalue weighted by atomic mass is 9.75. The van der Waals surface area contributed by atoms with Crippen molar-refractivity contribution in [2.45, 2.75) is 59.1 Å². The first-order valence-corrected chi connectivity index (χ1v) is 11.1. The van der Waals surface area contributed by atoms with E-state index in [9.17, 15) is 4.79 Å². The van der Waals surface area contributed by atoms with Crippen LogP contribution in [0.2, 0.25) is 5.02 Å². The highest BCUT2D eigenvalue weighted by Crippen LogP contribution is 2.39. The molecule has 0 radical (unpaired) electrons. The molecule has 2 aliphatic rings. The van der Waals surface area contributed by atoms with Gasteiger partial charge in [-0.2, -0.15) is 10.1 Å². The number of nitrogens with one attached hydrogen (secondary N) is 1. The summed E-state index contributed by atoms with van der Waals surface area (Å²) < 4.78 is 7.91. The monoisotopic (exact) mass is 428 g/mol. The Balaban J connectivity index is 1.69. The van der Waals surface area contributed by atoms with Crippen molar-refractivity contribution in [3.8, 4) is 0 Å². The fourth-order valence-corrected chi connectivity index (χ4v) is 4.99. The first kappa shape index (κ1) is 20.9. The minimum atomic E-state index is -0.437. The van der Waals surface area contributed by atoms with Crippen LogP contribution in [0, 0.1) is 17.8 Å². The summed E-state index contributed by atoms with van der Waals surface area (Å²) in [7, 11) is 0. The molecule has 0 bridgehead atoms. The molecule has 0 amide bonds. The third-order valence-corrected chi connectivity index (χ3v) is 6.63. The average Bonchev–Trinajstić information content (AvgIpc) is 3.14. The van der Waals surface area contributed by atoms with Crippen molar-refractivity contribution in [3.63, 3.8) is 0 Å². The second-order valence-electron chi connectivity index (χ2n) is 8.92. The predicted molar refractivity (Wildman–Crippen MR) is 117 cm³/mol. The zero-order valence-electron chi connectivity index (χ0n) is 17.9. The highest BCUT2D eigenvalue weighted by molar-refractivity contribution is 6.30. The molecule has 0 saturated heterocycles. The maximum Gasteiger partial charge on any atom is 0.338 e. The normalized spacial score (nSPS) is 26.3. The molecule has 4 unspecified atom stereocenters. The van der Waals surface area contributed by atoms with E-state index >= 15 is 0 Å². The molecule has 160 valence electrons. The van der Waals surface area contributed by atoms with E-state index in [1.54, 1.807) is 4.68 Å². The summed E-state index contributed by atoms with van der Waals surface area (Å²) in [4.78, 5) is 17.8. The first-order chi connectivity index (χ1) is 14.3. The zero-order valence-corrected chi connectivity index (χ0v) is 18.7. The van der Waals surface area contributed by atoms with E-state index in [1.165, 1.54) is 12.7 Å². The number of nitrogens with zero attached hydrogens (tertiary/aromatic N) is 3. The van der Waals surface area contributed by atoms with E-state index in [0.29, 0.717) is 34.3 Å². The Morgan fingerprint density at radius 2 is 2.13 bits per heavy atom. The Bertz CT molecular complexity index is 968. The third-order valence-electron chi connectivity index (χ3n) is 6.40. The summed E-state index contributed by atoms with van der Waals surface area (Å²) in [5.74, 6) is 1.72. The quantitative estimate of drug-likeness (QED) is 0.675. The minimum absolute atomic E-state index is 0.0706. The van der Waals surface area contributed by atoms with Crippen molar-refractivity contribution in [1.82, 2.24) is 14.8 Å². The van der Waals surface area contributed by atoms with Crippen LogP contribution in [-0.2, 0) is 9.53 Å². The lowest BCUT2D eigenvalue weighted by Crippen LogP contribution is -2.38. The number of hydrogen-bond acceptors (Lipinski definition) is 5. The second-order valence-corrected chi connectivity index (χ2v) is 9.36. The SMILES string of the molecule is CC1=C(C(=O)OC2CC(C)CCC2C(C)C)C(c2cccc(Cl)c2)n2ncnc2N1. The lowest BCUT2D eigenvalue weighted by Gasteiger charge is -2.37. The number of halogens is 1. The number of rotatable bonds is 4. The van der Waals surface area contributed by atoms with Gasteiger partial charge in [-0.3, -0.25) is 0 Å². The van der Waals surface area contributed by atoms with E-state index in [4.69, 9.17) is 16.3 Å². The maximum absolute atomic E-state index is 13.5. The van der Waals surface area contributed by atoms with E-state index in [2.05, 4.69) is 36.2 Å². The Hall–Kier alpha value is -2.34. The van der Waals surface area contributed by atoms with Gasteiger partial charge < -0.3 is 10.1 Å². The fraction of sp³-hybridized carbons (Fsp3) is 0.522. The molecule has 0 spiro atoms. The minimum Gasteiger partial charge on any atom is -0.459 e. The molecule has 1 aliphatic carbocycles. The van der Waals surface area contributed by atoms with Crippen molar-refractivity contribution < 1.29 is 9.53 Å². The van der Waals surface area contributed by atoms with Crippen molar-refractivity contribution in [2.75, 3.05) is 5.32 Å². The molecule has 1 fully saturated rings. The Morgan fingerprint density at radius 1 is 1.33 bits per heavy atom. The number of esters is 1. The number of aromatic nitrogens is 3. The van der Waals surface area contributed by atoms with Gasteiger partial charge in [0.25, 0.3) is 0 Å². The van der Waals surface area contributed by atoms with Crippen LogP contribution in [0.25, 0.3) is 0 Å². The standard InChI is InChI=1S/C23H29ClN4O2/c1-13(2)18-9-8-14(3)10-19(18)30-22(29)20-15(4)27-23-25-12-26-28(23)21(20)16-6-5-7-17(24)11-16/h5-7,11-14,18-19,21H,8-10H2,1-4H3,(H,25,26,27). The number of hydrogen-bond donors (Lipinski definition) is 1. The molecule has 30 heavy (non-hydrogen) atoms. The van der Waals surface area contributed by atoms with Crippen molar-refractivity contribution in [3.05, 3.63) is 52.4 Å². The van der Waals surface area contributed by atoms with Gasteiger partial charge in [0, 0.05) is 10.7 Å². The number of carbonyl (C=O) groups excluding carboxylic acids is 1. The first-order valence-electron chi connectivity index (χ1n) is 10.7. The Kier molecular flexibility index (Phi) is 5.87. The average molecular weight is 429 g/mol. The van der Waals surface area contributed by atoms with Gasteiger partial charge in [-0.15, -0.1) is 0 Å². The van der Waals surface area contributed by atoms with Gasteiger partial charge in [0.2, 0.25) is 5.95 Å². The van der Waals surface area contributed by atoms with Crippen molar-refractivity contribution >= 4 is 23.5 Å². The van der Waals surface area contributed by atoms with Gasteiger partial charge in [0.1, 0.15) is 18.5 Å².